The predicted octanol–water partition coefficient (Wildman–Crippen LogP) is 2.43. The fourth-order valence-corrected chi connectivity index (χ4v) is 1.67. The number of benzene rings is 1. The summed E-state index contributed by atoms with van der Waals surface area (Å²) in [6, 6.07) is 4.98. The van der Waals surface area contributed by atoms with Crippen molar-refractivity contribution in [1.29, 1.82) is 0 Å². The van der Waals surface area contributed by atoms with Crippen molar-refractivity contribution in [3.05, 3.63) is 28.8 Å². The minimum Gasteiger partial charge on any atom is -0.479 e. The third-order valence-electron chi connectivity index (χ3n) is 2.34. The summed E-state index contributed by atoms with van der Waals surface area (Å²) >= 11 is 5.83. The van der Waals surface area contributed by atoms with Crippen LogP contribution in [-0.4, -0.2) is 17.2 Å². The van der Waals surface area contributed by atoms with Gasteiger partial charge in [0.15, 0.2) is 6.10 Å². The molecule has 3 N–H and O–H groups in total. The molecule has 0 bridgehead atoms. The molecule has 1 unspecified atom stereocenters. The molecule has 1 atom stereocenters. The summed E-state index contributed by atoms with van der Waals surface area (Å²) < 4.78 is 5.46. The van der Waals surface area contributed by atoms with E-state index in [9.17, 15) is 4.79 Å². The first-order valence-electron chi connectivity index (χ1n) is 5.46. The Morgan fingerprint density at radius 2 is 2.29 bits per heavy atom. The standard InChI is InChI=1S/C12H16ClNO3/c1-2-3-11(12(15)16)17-10-5-4-9(13)6-8(10)7-14/h4-6,11H,2-3,7,14H2,1H3,(H,15,16). The number of rotatable bonds is 6. The molecule has 94 valence electrons. The van der Waals surface area contributed by atoms with Gasteiger partial charge in [0.25, 0.3) is 0 Å². The molecular formula is C12H16ClNO3. The third-order valence-corrected chi connectivity index (χ3v) is 2.57. The molecule has 0 heterocycles. The van der Waals surface area contributed by atoms with Crippen LogP contribution in [0.4, 0.5) is 0 Å². The molecule has 4 nitrogen and oxygen atoms in total. The highest BCUT2D eigenvalue weighted by Gasteiger charge is 2.19. The molecule has 17 heavy (non-hydrogen) atoms. The van der Waals surface area contributed by atoms with Crippen LogP contribution < -0.4 is 10.5 Å². The van der Waals surface area contributed by atoms with Gasteiger partial charge in [-0.15, -0.1) is 0 Å². The van der Waals surface area contributed by atoms with Crippen LogP contribution >= 0.6 is 11.6 Å². The van der Waals surface area contributed by atoms with Crippen LogP contribution in [0.2, 0.25) is 5.02 Å². The zero-order valence-corrected chi connectivity index (χ0v) is 10.4. The number of carboxylic acids is 1. The maximum Gasteiger partial charge on any atom is 0.344 e. The molecule has 1 rings (SSSR count). The topological polar surface area (TPSA) is 72.5 Å². The van der Waals surface area contributed by atoms with E-state index < -0.39 is 12.1 Å². The summed E-state index contributed by atoms with van der Waals surface area (Å²) in [5.41, 5.74) is 6.27. The number of hydrogen-bond donors (Lipinski definition) is 2. The summed E-state index contributed by atoms with van der Waals surface area (Å²) in [5, 5.41) is 9.56. The molecule has 0 aromatic heterocycles. The second kappa shape index (κ2) is 6.47. The molecule has 0 aliphatic rings. The Hall–Kier alpha value is -1.26. The molecule has 0 aliphatic heterocycles. The highest BCUT2D eigenvalue weighted by Crippen LogP contribution is 2.24. The van der Waals surface area contributed by atoms with E-state index in [2.05, 4.69) is 0 Å². The van der Waals surface area contributed by atoms with Crippen molar-refractivity contribution in [2.45, 2.75) is 32.4 Å². The zero-order valence-electron chi connectivity index (χ0n) is 9.65. The fraction of sp³-hybridized carbons (Fsp3) is 0.417. The smallest absolute Gasteiger partial charge is 0.344 e. The number of ether oxygens (including phenoxy) is 1. The lowest BCUT2D eigenvalue weighted by Gasteiger charge is -2.16. The Kier molecular flexibility index (Phi) is 5.25. The zero-order chi connectivity index (χ0) is 12.8. The van der Waals surface area contributed by atoms with Crippen LogP contribution in [0.5, 0.6) is 5.75 Å². The molecule has 0 saturated carbocycles. The maximum absolute atomic E-state index is 11.0. The van der Waals surface area contributed by atoms with Gasteiger partial charge in [-0.25, -0.2) is 4.79 Å². The van der Waals surface area contributed by atoms with Gasteiger partial charge in [-0.2, -0.15) is 0 Å². The van der Waals surface area contributed by atoms with Crippen molar-refractivity contribution < 1.29 is 14.6 Å². The number of carbonyl (C=O) groups is 1. The van der Waals surface area contributed by atoms with Crippen LogP contribution in [0.15, 0.2) is 18.2 Å². The summed E-state index contributed by atoms with van der Waals surface area (Å²) in [6.45, 7) is 2.17. The number of aliphatic carboxylic acids is 1. The third kappa shape index (κ3) is 3.91. The molecule has 0 spiro atoms. The van der Waals surface area contributed by atoms with Crippen molar-refractivity contribution in [1.82, 2.24) is 0 Å². The van der Waals surface area contributed by atoms with Crippen LogP contribution in [0.25, 0.3) is 0 Å². The summed E-state index contributed by atoms with van der Waals surface area (Å²) in [7, 11) is 0. The van der Waals surface area contributed by atoms with Gasteiger partial charge in [-0.1, -0.05) is 24.9 Å². The second-order valence-corrected chi connectivity index (χ2v) is 4.13. The van der Waals surface area contributed by atoms with Gasteiger partial charge in [0.05, 0.1) is 0 Å². The summed E-state index contributed by atoms with van der Waals surface area (Å²) in [6.07, 6.45) is 0.358. The Morgan fingerprint density at radius 3 is 2.82 bits per heavy atom. The Labute approximate surface area is 105 Å². The average molecular weight is 258 g/mol. The van der Waals surface area contributed by atoms with E-state index in [1.54, 1.807) is 18.2 Å². The number of nitrogens with two attached hydrogens (primary N) is 1. The molecule has 0 amide bonds. The molecular weight excluding hydrogens is 242 g/mol. The summed E-state index contributed by atoms with van der Waals surface area (Å²) in [4.78, 5) is 11.0. The van der Waals surface area contributed by atoms with Gasteiger partial charge in [0, 0.05) is 17.1 Å². The van der Waals surface area contributed by atoms with Gasteiger partial charge >= 0.3 is 5.97 Å². The lowest BCUT2D eigenvalue weighted by Crippen LogP contribution is -2.27. The largest absolute Gasteiger partial charge is 0.479 e. The van der Waals surface area contributed by atoms with Gasteiger partial charge in [0.1, 0.15) is 5.75 Å². The van der Waals surface area contributed by atoms with Crippen LogP contribution in [0.3, 0.4) is 0 Å². The van der Waals surface area contributed by atoms with Gasteiger partial charge < -0.3 is 15.6 Å². The van der Waals surface area contributed by atoms with Crippen LogP contribution in [-0.2, 0) is 11.3 Å². The minimum atomic E-state index is -0.968. The Balaban J connectivity index is 2.88. The fourth-order valence-electron chi connectivity index (χ4n) is 1.47. The Morgan fingerprint density at radius 1 is 1.59 bits per heavy atom. The molecule has 1 aromatic carbocycles. The second-order valence-electron chi connectivity index (χ2n) is 3.69. The van der Waals surface area contributed by atoms with Crippen molar-refractivity contribution >= 4 is 17.6 Å². The molecule has 0 radical (unpaired) electrons. The highest BCUT2D eigenvalue weighted by molar-refractivity contribution is 6.30. The van der Waals surface area contributed by atoms with Crippen molar-refractivity contribution in [3.63, 3.8) is 0 Å². The molecule has 0 fully saturated rings. The average Bonchev–Trinajstić information content (AvgIpc) is 2.30. The monoisotopic (exact) mass is 257 g/mol. The first-order valence-corrected chi connectivity index (χ1v) is 5.84. The van der Waals surface area contributed by atoms with E-state index >= 15 is 0 Å². The van der Waals surface area contributed by atoms with E-state index in [4.69, 9.17) is 27.2 Å². The number of carboxylic acid groups (broad SMARTS) is 1. The molecule has 5 heteroatoms. The van der Waals surface area contributed by atoms with E-state index in [1.807, 2.05) is 6.92 Å². The Bertz CT molecular complexity index is 395. The molecule has 0 aliphatic carbocycles. The van der Waals surface area contributed by atoms with E-state index in [0.29, 0.717) is 22.8 Å². The molecule has 1 aromatic rings. The highest BCUT2D eigenvalue weighted by atomic mass is 35.5. The lowest BCUT2D eigenvalue weighted by molar-refractivity contribution is -0.145. The van der Waals surface area contributed by atoms with Gasteiger partial charge in [-0.05, 0) is 24.6 Å². The van der Waals surface area contributed by atoms with Crippen molar-refractivity contribution in [2.75, 3.05) is 0 Å². The molecule has 0 saturated heterocycles. The number of hydrogen-bond acceptors (Lipinski definition) is 3. The van der Waals surface area contributed by atoms with Crippen LogP contribution in [0.1, 0.15) is 25.3 Å². The summed E-state index contributed by atoms with van der Waals surface area (Å²) in [5.74, 6) is -0.484. The van der Waals surface area contributed by atoms with E-state index in [-0.39, 0.29) is 6.54 Å². The predicted molar refractivity (Wildman–Crippen MR) is 66.3 cm³/mol. The quantitative estimate of drug-likeness (QED) is 0.821. The number of halogens is 1. The lowest BCUT2D eigenvalue weighted by atomic mass is 10.1. The maximum atomic E-state index is 11.0. The van der Waals surface area contributed by atoms with Crippen molar-refractivity contribution in [3.8, 4) is 5.75 Å². The van der Waals surface area contributed by atoms with E-state index in [1.165, 1.54) is 0 Å². The SMILES string of the molecule is CCCC(Oc1ccc(Cl)cc1CN)C(=O)O. The van der Waals surface area contributed by atoms with Crippen LogP contribution in [0, 0.1) is 0 Å². The minimum absolute atomic E-state index is 0.258. The van der Waals surface area contributed by atoms with E-state index in [0.717, 1.165) is 6.42 Å². The normalized spacial score (nSPS) is 12.2. The van der Waals surface area contributed by atoms with Crippen molar-refractivity contribution in [2.24, 2.45) is 5.73 Å². The van der Waals surface area contributed by atoms with Gasteiger partial charge in [0.2, 0.25) is 0 Å². The first-order chi connectivity index (χ1) is 8.08. The first kappa shape index (κ1) is 13.8. The van der Waals surface area contributed by atoms with Gasteiger partial charge in [-0.3, -0.25) is 0 Å².